The van der Waals surface area contributed by atoms with E-state index in [1.165, 1.54) is 21.9 Å². The minimum Gasteiger partial charge on any atom is -0.456 e. The highest BCUT2D eigenvalue weighted by molar-refractivity contribution is 6.30. The molecule has 45 heavy (non-hydrogen) atoms. The van der Waals surface area contributed by atoms with Gasteiger partial charge in [0.15, 0.2) is 10.9 Å². The smallest absolute Gasteiger partial charge is 0.194 e. The van der Waals surface area contributed by atoms with Crippen LogP contribution in [-0.2, 0) is 0 Å². The van der Waals surface area contributed by atoms with Crippen LogP contribution in [0.25, 0.3) is 109 Å². The van der Waals surface area contributed by atoms with E-state index in [-0.39, 0.29) is 10.9 Å². The van der Waals surface area contributed by atoms with E-state index in [9.17, 15) is 9.59 Å². The molecule has 10 aromatic rings. The molecule has 0 N–H and O–H groups in total. The zero-order valence-electron chi connectivity index (χ0n) is 23.8. The van der Waals surface area contributed by atoms with E-state index in [1.807, 2.05) is 66.7 Å². The molecule has 9 aromatic carbocycles. The number of benzene rings is 7. The van der Waals surface area contributed by atoms with Crippen molar-refractivity contribution in [2.75, 3.05) is 0 Å². The molecule has 1 aliphatic carbocycles. The van der Waals surface area contributed by atoms with E-state index in [0.717, 1.165) is 65.7 Å². The Morgan fingerprint density at radius 1 is 0.356 bits per heavy atom. The number of fused-ring (bicyclic) bond motifs is 12. The summed E-state index contributed by atoms with van der Waals surface area (Å²) in [5.74, 6) is 0. The number of hydrogen-bond donors (Lipinski definition) is 0. The highest BCUT2D eigenvalue weighted by Crippen LogP contribution is 2.56. The summed E-state index contributed by atoms with van der Waals surface area (Å²) < 4.78 is 6.54. The highest BCUT2D eigenvalue weighted by Gasteiger charge is 2.30. The predicted octanol–water partition coefficient (Wildman–Crippen LogP) is 10.3. The third-order valence-corrected chi connectivity index (χ3v) is 10.1. The lowest BCUT2D eigenvalue weighted by Gasteiger charge is -2.14. The Morgan fingerprint density at radius 2 is 0.978 bits per heavy atom. The summed E-state index contributed by atoms with van der Waals surface area (Å²) in [4.78, 5) is 27.8. The fraction of sp³-hybridized carbons (Fsp3) is 0. The van der Waals surface area contributed by atoms with Gasteiger partial charge in [0.05, 0.1) is 0 Å². The molecule has 0 radical (unpaired) electrons. The third kappa shape index (κ3) is 2.73. The zero-order chi connectivity index (χ0) is 29.6. The molecule has 0 spiro atoms. The number of furan rings is 1. The van der Waals surface area contributed by atoms with Crippen molar-refractivity contribution in [2.24, 2.45) is 0 Å². The minimum absolute atomic E-state index is 0.00672. The lowest BCUT2D eigenvalue weighted by atomic mass is 9.87. The van der Waals surface area contributed by atoms with E-state index < -0.39 is 0 Å². The van der Waals surface area contributed by atoms with Crippen LogP contribution in [0.4, 0.5) is 0 Å². The Labute approximate surface area is 254 Å². The van der Waals surface area contributed by atoms with E-state index in [2.05, 4.69) is 54.6 Å². The second-order valence-corrected chi connectivity index (χ2v) is 12.2. The number of para-hydroxylation sites is 1. The maximum absolute atomic E-state index is 14.2. The Balaban J connectivity index is 1.38. The predicted molar refractivity (Wildman–Crippen MR) is 186 cm³/mol. The van der Waals surface area contributed by atoms with Gasteiger partial charge >= 0.3 is 0 Å². The van der Waals surface area contributed by atoms with E-state index >= 15 is 0 Å². The fourth-order valence-electron chi connectivity index (χ4n) is 8.27. The van der Waals surface area contributed by atoms with Crippen molar-refractivity contribution in [3.63, 3.8) is 0 Å². The molecule has 0 fully saturated rings. The Morgan fingerprint density at radius 3 is 1.82 bits per heavy atom. The summed E-state index contributed by atoms with van der Waals surface area (Å²) in [5.41, 5.74) is 8.33. The van der Waals surface area contributed by atoms with Gasteiger partial charge < -0.3 is 4.42 Å². The molecule has 0 atom stereocenters. The minimum atomic E-state index is -0.00672. The molecule has 0 saturated heterocycles. The van der Waals surface area contributed by atoms with Crippen molar-refractivity contribution in [2.45, 2.75) is 0 Å². The molecule has 0 saturated carbocycles. The van der Waals surface area contributed by atoms with Crippen molar-refractivity contribution in [1.82, 2.24) is 0 Å². The summed E-state index contributed by atoms with van der Waals surface area (Å²) >= 11 is 0. The van der Waals surface area contributed by atoms with Crippen LogP contribution in [0.5, 0.6) is 0 Å². The second kappa shape index (κ2) is 7.90. The first kappa shape index (κ1) is 23.4. The average molecular weight is 573 g/mol. The van der Waals surface area contributed by atoms with Gasteiger partial charge in [0.2, 0.25) is 0 Å². The zero-order valence-corrected chi connectivity index (χ0v) is 23.8. The van der Waals surface area contributed by atoms with Crippen molar-refractivity contribution in [3.05, 3.63) is 142 Å². The molecular weight excluding hydrogens is 552 g/mol. The Bertz CT molecular complexity index is 3070. The molecule has 11 rings (SSSR count). The third-order valence-electron chi connectivity index (χ3n) is 10.1. The fourth-order valence-corrected chi connectivity index (χ4v) is 8.27. The van der Waals surface area contributed by atoms with Gasteiger partial charge in [-0.05, 0) is 79.0 Å². The van der Waals surface area contributed by atoms with Crippen molar-refractivity contribution >= 4 is 75.8 Å². The normalized spacial score (nSPS) is 12.6. The van der Waals surface area contributed by atoms with Crippen LogP contribution in [0.2, 0.25) is 0 Å². The van der Waals surface area contributed by atoms with E-state index in [4.69, 9.17) is 4.42 Å². The lowest BCUT2D eigenvalue weighted by Crippen LogP contribution is -1.95. The molecule has 3 heteroatoms. The van der Waals surface area contributed by atoms with Gasteiger partial charge in [-0.2, -0.15) is 0 Å². The molecule has 0 aliphatic heterocycles. The molecule has 0 bridgehead atoms. The molecule has 0 amide bonds. The van der Waals surface area contributed by atoms with Crippen LogP contribution in [0.1, 0.15) is 0 Å². The van der Waals surface area contributed by atoms with Gasteiger partial charge in [-0.1, -0.05) is 97.1 Å². The summed E-state index contributed by atoms with van der Waals surface area (Å²) in [7, 11) is 0. The molecule has 1 aromatic heterocycles. The first-order valence-corrected chi connectivity index (χ1v) is 15.2. The Hall–Kier alpha value is -6.06. The van der Waals surface area contributed by atoms with E-state index in [1.54, 1.807) is 0 Å². The molecule has 206 valence electrons. The SMILES string of the molecule is O=c1c2ccccc2c2cc3c(=O)c4cccc(-c5c6c(cc7oc8ccccc8c57)-c5cccc7cccc-6c57)c4c3cc12. The number of rotatable bonds is 1. The Kier molecular flexibility index (Phi) is 4.11. The second-order valence-electron chi connectivity index (χ2n) is 12.2. The maximum Gasteiger partial charge on any atom is 0.194 e. The highest BCUT2D eigenvalue weighted by atomic mass is 16.3. The van der Waals surface area contributed by atoms with Crippen LogP contribution in [0.3, 0.4) is 0 Å². The van der Waals surface area contributed by atoms with Crippen LogP contribution < -0.4 is 10.9 Å². The summed E-state index contributed by atoms with van der Waals surface area (Å²) in [5, 5.41) is 10.6. The summed E-state index contributed by atoms with van der Waals surface area (Å²) in [6.07, 6.45) is 0. The van der Waals surface area contributed by atoms with Crippen molar-refractivity contribution < 1.29 is 4.42 Å². The molecular formula is C42H20O3. The summed E-state index contributed by atoms with van der Waals surface area (Å²) in [6.45, 7) is 0. The van der Waals surface area contributed by atoms with Crippen LogP contribution >= 0.6 is 0 Å². The molecule has 1 heterocycles. The molecule has 1 aliphatic rings. The lowest BCUT2D eigenvalue weighted by molar-refractivity contribution is 0.669. The van der Waals surface area contributed by atoms with Crippen LogP contribution in [-0.4, -0.2) is 0 Å². The topological polar surface area (TPSA) is 47.3 Å². The molecule has 0 unspecified atom stereocenters. The van der Waals surface area contributed by atoms with Gasteiger partial charge in [-0.25, -0.2) is 0 Å². The van der Waals surface area contributed by atoms with Gasteiger partial charge in [-0.3, -0.25) is 9.59 Å². The molecule has 3 nitrogen and oxygen atoms in total. The van der Waals surface area contributed by atoms with Gasteiger partial charge in [-0.15, -0.1) is 0 Å². The number of hydrogen-bond acceptors (Lipinski definition) is 3. The summed E-state index contributed by atoms with van der Waals surface area (Å²) in [6, 6.07) is 40.9. The van der Waals surface area contributed by atoms with Crippen LogP contribution in [0.15, 0.2) is 135 Å². The van der Waals surface area contributed by atoms with Gasteiger partial charge in [0.25, 0.3) is 0 Å². The largest absolute Gasteiger partial charge is 0.456 e. The first-order valence-electron chi connectivity index (χ1n) is 15.2. The quantitative estimate of drug-likeness (QED) is 0.197. The van der Waals surface area contributed by atoms with Crippen molar-refractivity contribution in [3.8, 4) is 33.4 Å². The first-order chi connectivity index (χ1) is 22.2. The van der Waals surface area contributed by atoms with Gasteiger partial charge in [0.1, 0.15) is 11.2 Å². The van der Waals surface area contributed by atoms with Crippen LogP contribution in [0, 0.1) is 0 Å². The standard InChI is InChI=1S/C42H20O3/c43-41-24-11-2-1-10-22(24)29-18-33-30(19-32(29)41)37-27(15-7-16-28(37)42(33)44)40-38-26-14-6-9-21-8-5-13-23(36(21)26)31(38)20-35-39(40)25-12-3-4-17-34(25)45-35/h1-20H. The monoisotopic (exact) mass is 572 g/mol. The van der Waals surface area contributed by atoms with Gasteiger partial charge in [0, 0.05) is 43.3 Å². The van der Waals surface area contributed by atoms with E-state index in [0.29, 0.717) is 21.5 Å². The average Bonchev–Trinajstić information content (AvgIpc) is 3.78. The van der Waals surface area contributed by atoms with Crippen molar-refractivity contribution in [1.29, 1.82) is 0 Å². The maximum atomic E-state index is 14.2.